The van der Waals surface area contributed by atoms with Gasteiger partial charge >= 0.3 is 17.9 Å². The van der Waals surface area contributed by atoms with Crippen LogP contribution in [-0.2, 0) is 28.6 Å². The summed E-state index contributed by atoms with van der Waals surface area (Å²) in [4.78, 5) is 36.5. The van der Waals surface area contributed by atoms with Gasteiger partial charge in [0, 0.05) is 6.42 Å². The maximum Gasteiger partial charge on any atom is 0.344 e. The van der Waals surface area contributed by atoms with Gasteiger partial charge in [0.25, 0.3) is 0 Å². The summed E-state index contributed by atoms with van der Waals surface area (Å²) in [6, 6.07) is 0. The number of ether oxygens (including phenoxy) is 3. The molecule has 0 amide bonds. The molecule has 4 aliphatic rings. The molecule has 4 rings (SSSR count). The molecule has 6 heteroatoms. The third-order valence-corrected chi connectivity index (χ3v) is 8.28. The highest BCUT2D eigenvalue weighted by Crippen LogP contribution is 2.65. The quantitative estimate of drug-likeness (QED) is 0.496. The van der Waals surface area contributed by atoms with Crippen molar-refractivity contribution in [1.82, 2.24) is 0 Å². The standard InChI is InChI=1S/C23H34O6/c1-4-13-8-14(5-2)21-16-9-15(20(13)21)10-17(16)22(26)28-12-19(25)29-23(3)6-7-27-18(24)11-23/h13-17,20-21H,4-12H2,1-3H3. The molecule has 0 aromatic carbocycles. The number of carbonyl (C=O) groups is 3. The molecular weight excluding hydrogens is 372 g/mol. The van der Waals surface area contributed by atoms with Gasteiger partial charge in [-0.25, -0.2) is 4.79 Å². The molecule has 2 bridgehead atoms. The van der Waals surface area contributed by atoms with Crippen molar-refractivity contribution in [2.45, 2.75) is 71.3 Å². The maximum absolute atomic E-state index is 12.8. The van der Waals surface area contributed by atoms with Crippen LogP contribution in [0.25, 0.3) is 0 Å². The van der Waals surface area contributed by atoms with Crippen LogP contribution in [0.4, 0.5) is 0 Å². The molecule has 1 heterocycles. The van der Waals surface area contributed by atoms with Crippen molar-refractivity contribution in [3.8, 4) is 0 Å². The highest BCUT2D eigenvalue weighted by atomic mass is 16.6. The fourth-order valence-electron chi connectivity index (χ4n) is 7.12. The highest BCUT2D eigenvalue weighted by molar-refractivity contribution is 5.79. The van der Waals surface area contributed by atoms with Crippen LogP contribution >= 0.6 is 0 Å². The van der Waals surface area contributed by atoms with Crippen LogP contribution in [0, 0.1) is 41.4 Å². The number of carbonyl (C=O) groups excluding carboxylic acids is 3. The van der Waals surface area contributed by atoms with Crippen LogP contribution in [0.15, 0.2) is 0 Å². The molecule has 162 valence electrons. The van der Waals surface area contributed by atoms with Crippen molar-refractivity contribution in [2.24, 2.45) is 41.4 Å². The van der Waals surface area contributed by atoms with Crippen LogP contribution in [0.2, 0.25) is 0 Å². The van der Waals surface area contributed by atoms with Crippen LogP contribution in [-0.4, -0.2) is 36.7 Å². The van der Waals surface area contributed by atoms with E-state index in [0.29, 0.717) is 24.2 Å². The molecule has 3 saturated carbocycles. The number of fused-ring (bicyclic) bond motifs is 5. The summed E-state index contributed by atoms with van der Waals surface area (Å²) in [5, 5.41) is 0. The van der Waals surface area contributed by atoms with Crippen LogP contribution in [0.1, 0.15) is 65.7 Å². The summed E-state index contributed by atoms with van der Waals surface area (Å²) in [6.07, 6.45) is 6.31. The first-order valence-electron chi connectivity index (χ1n) is 11.4. The van der Waals surface area contributed by atoms with Gasteiger partial charge in [0.05, 0.1) is 18.9 Å². The van der Waals surface area contributed by atoms with Crippen LogP contribution in [0.5, 0.6) is 0 Å². The van der Waals surface area contributed by atoms with Crippen molar-refractivity contribution in [2.75, 3.05) is 13.2 Å². The zero-order valence-corrected chi connectivity index (χ0v) is 17.9. The Balaban J connectivity index is 1.31. The number of rotatable bonds is 6. The van der Waals surface area contributed by atoms with E-state index in [-0.39, 0.29) is 37.5 Å². The van der Waals surface area contributed by atoms with Gasteiger partial charge in [-0.05, 0) is 61.7 Å². The second-order valence-electron chi connectivity index (χ2n) is 9.91. The monoisotopic (exact) mass is 406 g/mol. The first kappa shape index (κ1) is 20.7. The zero-order chi connectivity index (χ0) is 20.8. The molecule has 29 heavy (non-hydrogen) atoms. The molecular formula is C23H34O6. The molecule has 6 nitrogen and oxygen atoms in total. The van der Waals surface area contributed by atoms with Gasteiger partial charge in [-0.15, -0.1) is 0 Å². The molecule has 3 aliphatic carbocycles. The minimum atomic E-state index is -0.869. The first-order valence-corrected chi connectivity index (χ1v) is 11.4. The molecule has 4 fully saturated rings. The highest BCUT2D eigenvalue weighted by Gasteiger charge is 2.61. The number of esters is 3. The summed E-state index contributed by atoms with van der Waals surface area (Å²) in [6.45, 7) is 6.17. The van der Waals surface area contributed by atoms with Crippen molar-refractivity contribution >= 4 is 17.9 Å². The van der Waals surface area contributed by atoms with E-state index in [1.165, 1.54) is 19.3 Å². The van der Waals surface area contributed by atoms with Crippen molar-refractivity contribution in [1.29, 1.82) is 0 Å². The van der Waals surface area contributed by atoms with E-state index < -0.39 is 11.6 Å². The van der Waals surface area contributed by atoms with Gasteiger partial charge in [0.2, 0.25) is 0 Å². The Labute approximate surface area is 173 Å². The third-order valence-electron chi connectivity index (χ3n) is 8.28. The van der Waals surface area contributed by atoms with Crippen molar-refractivity contribution < 1.29 is 28.6 Å². The molecule has 0 radical (unpaired) electrons. The smallest absolute Gasteiger partial charge is 0.344 e. The predicted octanol–water partition coefficient (Wildman–Crippen LogP) is 3.51. The fraction of sp³-hybridized carbons (Fsp3) is 0.870. The lowest BCUT2D eigenvalue weighted by Gasteiger charge is -2.35. The average molecular weight is 407 g/mol. The molecule has 0 N–H and O–H groups in total. The molecule has 8 atom stereocenters. The van der Waals surface area contributed by atoms with Crippen molar-refractivity contribution in [3.05, 3.63) is 0 Å². The Kier molecular flexibility index (Phi) is 5.64. The lowest BCUT2D eigenvalue weighted by Crippen LogP contribution is -2.41. The Morgan fingerprint density at radius 3 is 2.52 bits per heavy atom. The van der Waals surface area contributed by atoms with Gasteiger partial charge in [-0.2, -0.15) is 0 Å². The molecule has 1 aliphatic heterocycles. The first-order chi connectivity index (χ1) is 13.8. The summed E-state index contributed by atoms with van der Waals surface area (Å²) >= 11 is 0. The summed E-state index contributed by atoms with van der Waals surface area (Å²) in [7, 11) is 0. The van der Waals surface area contributed by atoms with Gasteiger partial charge in [-0.3, -0.25) is 9.59 Å². The molecule has 0 aromatic rings. The minimum Gasteiger partial charge on any atom is -0.465 e. The fourth-order valence-corrected chi connectivity index (χ4v) is 7.12. The average Bonchev–Trinajstić information content (AvgIpc) is 3.35. The summed E-state index contributed by atoms with van der Waals surface area (Å²) in [5.74, 6) is 2.78. The third kappa shape index (κ3) is 3.79. The van der Waals surface area contributed by atoms with E-state index in [4.69, 9.17) is 14.2 Å². The Morgan fingerprint density at radius 1 is 1.10 bits per heavy atom. The van der Waals surface area contributed by atoms with Crippen LogP contribution in [0.3, 0.4) is 0 Å². The van der Waals surface area contributed by atoms with E-state index in [2.05, 4.69) is 13.8 Å². The number of hydrogen-bond donors (Lipinski definition) is 0. The van der Waals surface area contributed by atoms with Crippen molar-refractivity contribution in [3.63, 3.8) is 0 Å². The van der Waals surface area contributed by atoms with E-state index in [1.54, 1.807) is 6.92 Å². The van der Waals surface area contributed by atoms with Gasteiger partial charge in [-0.1, -0.05) is 26.7 Å². The lowest BCUT2D eigenvalue weighted by atomic mass is 9.70. The summed E-state index contributed by atoms with van der Waals surface area (Å²) < 4.78 is 15.7. The number of cyclic esters (lactones) is 1. The maximum atomic E-state index is 12.8. The second-order valence-corrected chi connectivity index (χ2v) is 9.91. The SMILES string of the molecule is CCC1CC(CC)C2C3CC(CC3C(=O)OCC(=O)OC3(C)CCOC(=O)C3)C12. The second kappa shape index (κ2) is 7.92. The topological polar surface area (TPSA) is 78.9 Å². The normalized spacial score (nSPS) is 43.0. The Bertz CT molecular complexity index is 674. The Morgan fingerprint density at radius 2 is 1.83 bits per heavy atom. The summed E-state index contributed by atoms with van der Waals surface area (Å²) in [5.41, 5.74) is -0.869. The van der Waals surface area contributed by atoms with E-state index >= 15 is 0 Å². The van der Waals surface area contributed by atoms with E-state index in [9.17, 15) is 14.4 Å². The molecule has 0 spiro atoms. The van der Waals surface area contributed by atoms with E-state index in [1.807, 2.05) is 0 Å². The molecule has 1 saturated heterocycles. The van der Waals surface area contributed by atoms with Gasteiger partial charge in [0.1, 0.15) is 5.60 Å². The number of hydrogen-bond acceptors (Lipinski definition) is 6. The predicted molar refractivity (Wildman–Crippen MR) is 105 cm³/mol. The lowest BCUT2D eigenvalue weighted by molar-refractivity contribution is -0.181. The van der Waals surface area contributed by atoms with E-state index in [0.717, 1.165) is 30.6 Å². The molecule has 0 aromatic heterocycles. The van der Waals surface area contributed by atoms with Gasteiger partial charge in [0.15, 0.2) is 6.61 Å². The van der Waals surface area contributed by atoms with Crippen LogP contribution < -0.4 is 0 Å². The largest absolute Gasteiger partial charge is 0.465 e. The Hall–Kier alpha value is -1.59. The van der Waals surface area contributed by atoms with Gasteiger partial charge < -0.3 is 14.2 Å². The minimum absolute atomic E-state index is 0.0408. The zero-order valence-electron chi connectivity index (χ0n) is 17.9. The molecule has 8 unspecified atom stereocenters.